The average molecular weight is 222 g/mol. The van der Waals surface area contributed by atoms with E-state index >= 15 is 0 Å². The van der Waals surface area contributed by atoms with Gasteiger partial charge in [0.25, 0.3) is 0 Å². The molecule has 2 rings (SSSR count). The molecule has 0 saturated heterocycles. The lowest BCUT2D eigenvalue weighted by Gasteiger charge is -2.15. The van der Waals surface area contributed by atoms with E-state index in [-0.39, 0.29) is 12.5 Å². The van der Waals surface area contributed by atoms with Gasteiger partial charge in [0.1, 0.15) is 6.54 Å². The van der Waals surface area contributed by atoms with E-state index < -0.39 is 0 Å². The van der Waals surface area contributed by atoms with Crippen LogP contribution >= 0.6 is 0 Å². The molecule has 0 saturated carbocycles. The van der Waals surface area contributed by atoms with Crippen molar-refractivity contribution in [3.8, 4) is 0 Å². The van der Waals surface area contributed by atoms with Crippen LogP contribution in [0.15, 0.2) is 17.4 Å². The van der Waals surface area contributed by atoms with E-state index in [9.17, 15) is 4.79 Å². The summed E-state index contributed by atoms with van der Waals surface area (Å²) in [6.07, 6.45) is 4.46. The van der Waals surface area contributed by atoms with Crippen LogP contribution in [0, 0.1) is 0 Å². The summed E-state index contributed by atoms with van der Waals surface area (Å²) >= 11 is 0. The Balaban J connectivity index is 2.30. The Hall–Kier alpha value is -1.78. The third kappa shape index (κ3) is 1.80. The molecular formula is C11H14N2O3. The van der Waals surface area contributed by atoms with Crippen LogP contribution < -0.4 is 0 Å². The van der Waals surface area contributed by atoms with E-state index in [1.165, 1.54) is 7.11 Å². The minimum atomic E-state index is -0.272. The third-order valence-corrected chi connectivity index (χ3v) is 2.86. The number of oxime groups is 1. The van der Waals surface area contributed by atoms with Crippen LogP contribution in [0.3, 0.4) is 0 Å². The van der Waals surface area contributed by atoms with Crippen molar-refractivity contribution >= 4 is 11.7 Å². The maximum Gasteiger partial charge on any atom is 0.325 e. The molecule has 1 heterocycles. The van der Waals surface area contributed by atoms with Crippen LogP contribution in [0.25, 0.3) is 0 Å². The van der Waals surface area contributed by atoms with E-state index in [4.69, 9.17) is 5.21 Å². The Morgan fingerprint density at radius 2 is 2.44 bits per heavy atom. The van der Waals surface area contributed by atoms with E-state index in [2.05, 4.69) is 9.89 Å². The Bertz CT molecular complexity index is 434. The Kier molecular flexibility index (Phi) is 2.94. The summed E-state index contributed by atoms with van der Waals surface area (Å²) < 4.78 is 6.48. The van der Waals surface area contributed by atoms with Crippen LogP contribution in [0.5, 0.6) is 0 Å². The summed E-state index contributed by atoms with van der Waals surface area (Å²) in [6, 6.07) is 1.88. The van der Waals surface area contributed by atoms with E-state index in [1.807, 2.05) is 16.8 Å². The van der Waals surface area contributed by atoms with Crippen molar-refractivity contribution in [2.75, 3.05) is 7.11 Å². The van der Waals surface area contributed by atoms with Gasteiger partial charge in [-0.1, -0.05) is 5.16 Å². The molecule has 1 N–H and O–H groups in total. The van der Waals surface area contributed by atoms with Gasteiger partial charge in [-0.05, 0) is 25.3 Å². The number of carbonyl (C=O) groups is 1. The summed E-state index contributed by atoms with van der Waals surface area (Å²) in [5.41, 5.74) is 2.69. The van der Waals surface area contributed by atoms with Crippen molar-refractivity contribution in [2.45, 2.75) is 25.8 Å². The maximum atomic E-state index is 11.2. The fourth-order valence-electron chi connectivity index (χ4n) is 2.06. The zero-order valence-electron chi connectivity index (χ0n) is 9.14. The molecule has 0 fully saturated rings. The van der Waals surface area contributed by atoms with Crippen molar-refractivity contribution in [3.63, 3.8) is 0 Å². The smallest absolute Gasteiger partial charge is 0.325 e. The van der Waals surface area contributed by atoms with Crippen LogP contribution in [-0.4, -0.2) is 28.6 Å². The van der Waals surface area contributed by atoms with Gasteiger partial charge in [0, 0.05) is 17.5 Å². The summed E-state index contributed by atoms with van der Waals surface area (Å²) in [7, 11) is 1.37. The number of aromatic nitrogens is 1. The van der Waals surface area contributed by atoms with Gasteiger partial charge in [0.05, 0.1) is 12.8 Å². The molecule has 0 radical (unpaired) electrons. The molecular weight excluding hydrogens is 208 g/mol. The molecule has 0 bridgehead atoms. The summed E-state index contributed by atoms with van der Waals surface area (Å²) in [4.78, 5) is 11.2. The number of hydrogen-bond donors (Lipinski definition) is 1. The van der Waals surface area contributed by atoms with Crippen molar-refractivity contribution in [1.29, 1.82) is 0 Å². The number of ether oxygens (including phenoxy) is 1. The summed E-state index contributed by atoms with van der Waals surface area (Å²) in [5, 5.41) is 12.2. The Labute approximate surface area is 93.3 Å². The van der Waals surface area contributed by atoms with Gasteiger partial charge in [-0.2, -0.15) is 0 Å². The molecule has 16 heavy (non-hydrogen) atoms. The SMILES string of the molecule is COC(=O)Cn1ccc2c1CCC/C2=N\O. The molecule has 0 spiro atoms. The fourth-order valence-corrected chi connectivity index (χ4v) is 2.06. The first kappa shape index (κ1) is 10.7. The molecule has 86 valence electrons. The number of nitrogens with zero attached hydrogens (tertiary/aromatic N) is 2. The van der Waals surface area contributed by atoms with Crippen molar-refractivity contribution in [3.05, 3.63) is 23.5 Å². The lowest BCUT2D eigenvalue weighted by atomic mass is 9.96. The Morgan fingerprint density at radius 1 is 1.62 bits per heavy atom. The first-order valence-electron chi connectivity index (χ1n) is 5.22. The van der Waals surface area contributed by atoms with E-state index in [0.29, 0.717) is 5.71 Å². The first-order valence-corrected chi connectivity index (χ1v) is 5.22. The number of esters is 1. The maximum absolute atomic E-state index is 11.2. The van der Waals surface area contributed by atoms with Gasteiger partial charge in [-0.25, -0.2) is 0 Å². The molecule has 1 aliphatic carbocycles. The normalized spacial score (nSPS) is 17.2. The zero-order chi connectivity index (χ0) is 11.5. The highest BCUT2D eigenvalue weighted by Crippen LogP contribution is 2.22. The molecule has 0 amide bonds. The molecule has 0 aromatic carbocycles. The highest BCUT2D eigenvalue weighted by molar-refractivity contribution is 6.02. The molecule has 0 atom stereocenters. The lowest BCUT2D eigenvalue weighted by Crippen LogP contribution is -2.17. The molecule has 0 aliphatic heterocycles. The number of fused-ring (bicyclic) bond motifs is 1. The van der Waals surface area contributed by atoms with Gasteiger partial charge < -0.3 is 14.5 Å². The molecule has 5 nitrogen and oxygen atoms in total. The van der Waals surface area contributed by atoms with Crippen LogP contribution in [-0.2, 0) is 22.5 Å². The van der Waals surface area contributed by atoms with E-state index in [1.54, 1.807) is 0 Å². The highest BCUT2D eigenvalue weighted by Gasteiger charge is 2.20. The van der Waals surface area contributed by atoms with E-state index in [0.717, 1.165) is 30.5 Å². The highest BCUT2D eigenvalue weighted by atomic mass is 16.5. The molecule has 1 aliphatic rings. The summed E-state index contributed by atoms with van der Waals surface area (Å²) in [5.74, 6) is -0.272. The first-order chi connectivity index (χ1) is 7.76. The Morgan fingerprint density at radius 3 is 3.12 bits per heavy atom. The van der Waals surface area contributed by atoms with Crippen molar-refractivity contribution in [2.24, 2.45) is 5.16 Å². The lowest BCUT2D eigenvalue weighted by molar-refractivity contribution is -0.141. The second kappa shape index (κ2) is 4.38. The summed E-state index contributed by atoms with van der Waals surface area (Å²) in [6.45, 7) is 0.213. The number of methoxy groups -OCH3 is 1. The van der Waals surface area contributed by atoms with Crippen LogP contribution in [0.4, 0.5) is 0 Å². The van der Waals surface area contributed by atoms with Gasteiger partial charge in [-0.3, -0.25) is 4.79 Å². The molecule has 5 heteroatoms. The van der Waals surface area contributed by atoms with Crippen LogP contribution in [0.1, 0.15) is 24.1 Å². The molecule has 1 aromatic rings. The average Bonchev–Trinajstić information content (AvgIpc) is 2.72. The predicted octanol–water partition coefficient (Wildman–Crippen LogP) is 1.18. The quantitative estimate of drug-likeness (QED) is 0.464. The number of rotatable bonds is 2. The molecule has 1 aromatic heterocycles. The standard InChI is InChI=1S/C11H14N2O3/c1-16-11(14)7-13-6-5-8-9(12-15)3-2-4-10(8)13/h5-6,15H,2-4,7H2,1H3/b12-9+. The topological polar surface area (TPSA) is 63.8 Å². The third-order valence-electron chi connectivity index (χ3n) is 2.86. The largest absolute Gasteiger partial charge is 0.468 e. The van der Waals surface area contributed by atoms with Crippen molar-refractivity contribution < 1.29 is 14.7 Å². The fraction of sp³-hybridized carbons (Fsp3) is 0.455. The second-order valence-corrected chi connectivity index (χ2v) is 3.78. The minimum Gasteiger partial charge on any atom is -0.468 e. The van der Waals surface area contributed by atoms with Crippen molar-refractivity contribution in [1.82, 2.24) is 4.57 Å². The minimum absolute atomic E-state index is 0.213. The van der Waals surface area contributed by atoms with Gasteiger partial charge in [0.2, 0.25) is 0 Å². The monoisotopic (exact) mass is 222 g/mol. The zero-order valence-corrected chi connectivity index (χ0v) is 9.14. The van der Waals surface area contributed by atoms with Gasteiger partial charge in [0.15, 0.2) is 0 Å². The van der Waals surface area contributed by atoms with Gasteiger partial charge in [-0.15, -0.1) is 0 Å². The van der Waals surface area contributed by atoms with Crippen LogP contribution in [0.2, 0.25) is 0 Å². The van der Waals surface area contributed by atoms with Gasteiger partial charge >= 0.3 is 5.97 Å². The second-order valence-electron chi connectivity index (χ2n) is 3.78. The number of carbonyl (C=O) groups excluding carboxylic acids is 1. The molecule has 0 unspecified atom stereocenters. The number of hydrogen-bond acceptors (Lipinski definition) is 4. The predicted molar refractivity (Wildman–Crippen MR) is 57.7 cm³/mol.